The Kier molecular flexibility index (Phi) is 4.43. The van der Waals surface area contributed by atoms with Crippen molar-refractivity contribution in [2.75, 3.05) is 59.6 Å². The normalized spacial score (nSPS) is 34.3. The molecule has 0 radical (unpaired) electrons. The Morgan fingerprint density at radius 3 is 2.76 bits per heavy atom. The molecule has 0 aromatic heterocycles. The number of fused-ring (bicyclic) bond motifs is 1. The molecular formula is C24H31N6O4+. The molecular weight excluding hydrogens is 436 g/mol. The molecule has 7 aliphatic heterocycles. The summed E-state index contributed by atoms with van der Waals surface area (Å²) in [5.74, 6) is 2.31. The number of quaternary nitrogens is 1. The topological polar surface area (TPSA) is 68.6 Å². The van der Waals surface area contributed by atoms with Crippen LogP contribution < -0.4 is 0 Å². The van der Waals surface area contributed by atoms with E-state index in [1.807, 2.05) is 29.2 Å². The van der Waals surface area contributed by atoms with Gasteiger partial charge in [-0.25, -0.2) is 4.79 Å². The Hall–Kier alpha value is -2.82. The average Bonchev–Trinajstić information content (AvgIpc) is 3.45. The van der Waals surface area contributed by atoms with Crippen LogP contribution in [0, 0.1) is 5.92 Å². The second kappa shape index (κ2) is 7.34. The molecule has 0 N–H and O–H groups in total. The van der Waals surface area contributed by atoms with E-state index < -0.39 is 0 Å². The van der Waals surface area contributed by atoms with Crippen molar-refractivity contribution in [2.45, 2.75) is 25.4 Å². The molecule has 7 aliphatic rings. The largest absolute Gasteiger partial charge is 0.488 e. The molecule has 3 amide bonds. The summed E-state index contributed by atoms with van der Waals surface area (Å²) < 4.78 is 11.6. The maximum atomic E-state index is 13.1. The first-order chi connectivity index (χ1) is 16.6. The van der Waals surface area contributed by atoms with Gasteiger partial charge in [0.2, 0.25) is 0 Å². The zero-order valence-corrected chi connectivity index (χ0v) is 19.6. The van der Waals surface area contributed by atoms with E-state index in [1.165, 1.54) is 6.42 Å². The summed E-state index contributed by atoms with van der Waals surface area (Å²) >= 11 is 0. The Labute approximate surface area is 199 Å². The maximum Gasteiger partial charge on any atom is 0.465 e. The molecule has 3 atom stereocenters. The Morgan fingerprint density at radius 2 is 2.00 bits per heavy atom. The number of rotatable bonds is 4. The van der Waals surface area contributed by atoms with Crippen molar-refractivity contribution in [3.8, 4) is 0 Å². The quantitative estimate of drug-likeness (QED) is 0.454. The van der Waals surface area contributed by atoms with E-state index in [4.69, 9.17) is 9.47 Å². The lowest BCUT2D eigenvalue weighted by molar-refractivity contribution is -0.808. The van der Waals surface area contributed by atoms with Crippen LogP contribution in [0.2, 0.25) is 0 Å². The monoisotopic (exact) mass is 467 g/mol. The number of hydrogen-bond donors (Lipinski definition) is 0. The van der Waals surface area contributed by atoms with E-state index in [1.54, 1.807) is 0 Å². The molecule has 7 rings (SSSR count). The number of likely N-dealkylation sites (N-methyl/N-ethyl adjacent to an activating group) is 1. The van der Waals surface area contributed by atoms with Gasteiger partial charge in [-0.1, -0.05) is 4.59 Å². The first kappa shape index (κ1) is 20.5. The van der Waals surface area contributed by atoms with E-state index in [0.29, 0.717) is 19.1 Å². The van der Waals surface area contributed by atoms with Crippen molar-refractivity contribution in [3.63, 3.8) is 0 Å². The summed E-state index contributed by atoms with van der Waals surface area (Å²) in [6.45, 7) is 5.76. The van der Waals surface area contributed by atoms with Crippen molar-refractivity contribution in [2.24, 2.45) is 5.92 Å². The molecule has 4 saturated heterocycles. The van der Waals surface area contributed by atoms with Crippen molar-refractivity contribution in [1.82, 2.24) is 24.8 Å². The van der Waals surface area contributed by atoms with Gasteiger partial charge in [0.25, 0.3) is 12.1 Å². The standard InChI is InChI=1S/C24H31N6O4/c1-25-14-18(23(31)26-6-3-2-4-7-26)11-20-22(25)27(8-10-34-20)19-5-9-30-21(12-19)29(30)28(24(30)32)13-17-15-33-16-17/h5,9,11-12,17,21H,2-4,6-8,10,13-16H2,1H3/q+1. The maximum absolute atomic E-state index is 13.1. The van der Waals surface area contributed by atoms with Gasteiger partial charge in [-0.2, -0.15) is 5.01 Å². The van der Waals surface area contributed by atoms with Crippen LogP contribution in [0.4, 0.5) is 4.79 Å². The van der Waals surface area contributed by atoms with Gasteiger partial charge in [0.15, 0.2) is 11.6 Å². The summed E-state index contributed by atoms with van der Waals surface area (Å²) in [6.07, 6.45) is 11.6. The van der Waals surface area contributed by atoms with E-state index in [0.717, 1.165) is 75.1 Å². The molecule has 10 heteroatoms. The van der Waals surface area contributed by atoms with Crippen LogP contribution in [0.3, 0.4) is 0 Å². The molecule has 3 unspecified atom stereocenters. The number of nitrogens with zero attached hydrogens (tertiary/aromatic N) is 6. The van der Waals surface area contributed by atoms with E-state index in [-0.39, 0.29) is 22.7 Å². The lowest BCUT2D eigenvalue weighted by Gasteiger charge is -2.41. The van der Waals surface area contributed by atoms with Crippen LogP contribution in [0.5, 0.6) is 0 Å². The molecule has 0 aliphatic carbocycles. The summed E-state index contributed by atoms with van der Waals surface area (Å²) in [5, 5.41) is 4.01. The van der Waals surface area contributed by atoms with Crippen molar-refractivity contribution >= 4 is 11.9 Å². The third kappa shape index (κ3) is 2.79. The van der Waals surface area contributed by atoms with Gasteiger partial charge in [-0.15, -0.1) is 0 Å². The fraction of sp³-hybridized carbons (Fsp3) is 0.583. The number of hydrogen-bond acceptors (Lipinski definition) is 7. The Balaban J connectivity index is 1.12. The number of hydrazine groups is 1. The molecule has 180 valence electrons. The zero-order valence-electron chi connectivity index (χ0n) is 19.6. The highest BCUT2D eigenvalue weighted by molar-refractivity contribution is 5.94. The van der Waals surface area contributed by atoms with Gasteiger partial charge in [-0.3, -0.25) is 4.79 Å². The molecule has 0 aromatic carbocycles. The molecule has 0 aromatic rings. The molecule has 0 saturated carbocycles. The minimum Gasteiger partial charge on any atom is -0.488 e. The SMILES string of the molecule is CN1CC(C(=O)N2CCCCC2)=CC2=C1N(C1=CC3N4N(CC5COC5)C(=O)[N+]34C=C1)CCO2. The number of urea groups is 1. The van der Waals surface area contributed by atoms with Crippen LogP contribution in [-0.4, -0.2) is 107 Å². The Morgan fingerprint density at radius 1 is 1.18 bits per heavy atom. The second-order valence-electron chi connectivity index (χ2n) is 10.2. The number of ether oxygens (including phenoxy) is 2. The molecule has 10 nitrogen and oxygen atoms in total. The van der Waals surface area contributed by atoms with Crippen LogP contribution in [0.25, 0.3) is 0 Å². The third-order valence-corrected chi connectivity index (χ3v) is 7.98. The average molecular weight is 468 g/mol. The van der Waals surface area contributed by atoms with Gasteiger partial charge in [0.1, 0.15) is 12.8 Å². The molecule has 7 heterocycles. The van der Waals surface area contributed by atoms with Gasteiger partial charge in [0.05, 0.1) is 32.0 Å². The second-order valence-corrected chi connectivity index (χ2v) is 10.2. The molecule has 1 spiro atoms. The lowest BCUT2D eigenvalue weighted by atomic mass is 10.1. The number of likely N-dealkylation sites (tertiary alicyclic amines) is 1. The van der Waals surface area contributed by atoms with Crippen LogP contribution in [0.1, 0.15) is 19.3 Å². The molecule has 0 bridgehead atoms. The van der Waals surface area contributed by atoms with E-state index in [9.17, 15) is 9.59 Å². The zero-order chi connectivity index (χ0) is 23.0. The first-order valence-electron chi connectivity index (χ1n) is 12.4. The number of piperidine rings is 1. The van der Waals surface area contributed by atoms with Crippen LogP contribution in [-0.2, 0) is 14.3 Å². The number of amides is 3. The predicted molar refractivity (Wildman–Crippen MR) is 120 cm³/mol. The Bertz CT molecular complexity index is 1070. The summed E-state index contributed by atoms with van der Waals surface area (Å²) in [4.78, 5) is 32.3. The predicted octanol–water partition coefficient (Wildman–Crippen LogP) is 1.15. The van der Waals surface area contributed by atoms with E-state index in [2.05, 4.69) is 27.1 Å². The number of carbonyl (C=O) groups excluding carboxylic acids is 2. The van der Waals surface area contributed by atoms with Crippen molar-refractivity contribution in [1.29, 1.82) is 0 Å². The van der Waals surface area contributed by atoms with Gasteiger partial charge >= 0.3 is 6.03 Å². The minimum atomic E-state index is 0.0288. The smallest absolute Gasteiger partial charge is 0.465 e. The molecule has 34 heavy (non-hydrogen) atoms. The summed E-state index contributed by atoms with van der Waals surface area (Å²) in [7, 11) is 2.02. The fourth-order valence-electron chi connectivity index (χ4n) is 6.07. The van der Waals surface area contributed by atoms with Crippen LogP contribution >= 0.6 is 0 Å². The first-order valence-corrected chi connectivity index (χ1v) is 12.4. The van der Waals surface area contributed by atoms with Gasteiger partial charge in [-0.05, 0) is 25.3 Å². The summed E-state index contributed by atoms with van der Waals surface area (Å²) in [6, 6.07) is 0.143. The minimum absolute atomic E-state index is 0.0288. The van der Waals surface area contributed by atoms with Crippen LogP contribution in [0.15, 0.2) is 47.3 Å². The highest BCUT2D eigenvalue weighted by Gasteiger charge is 2.84. The highest BCUT2D eigenvalue weighted by atomic mass is 16.5. The van der Waals surface area contributed by atoms with Crippen molar-refractivity contribution < 1.29 is 23.7 Å². The van der Waals surface area contributed by atoms with Gasteiger partial charge < -0.3 is 24.2 Å². The van der Waals surface area contributed by atoms with Gasteiger partial charge in [0, 0.05) is 55.4 Å². The number of carbonyl (C=O) groups is 2. The number of allylic oxidation sites excluding steroid dienone is 2. The van der Waals surface area contributed by atoms with Crippen molar-refractivity contribution in [3.05, 3.63) is 47.3 Å². The summed E-state index contributed by atoms with van der Waals surface area (Å²) in [5.41, 5.74) is 1.87. The fourth-order valence-corrected chi connectivity index (χ4v) is 6.07. The lowest BCUT2D eigenvalue weighted by Crippen LogP contribution is -2.62. The molecule has 4 fully saturated rings. The highest BCUT2D eigenvalue weighted by Crippen LogP contribution is 2.54. The van der Waals surface area contributed by atoms with E-state index >= 15 is 0 Å². The third-order valence-electron chi connectivity index (χ3n) is 7.98.